The van der Waals surface area contributed by atoms with Gasteiger partial charge in [-0.15, -0.1) is 0 Å². The molecule has 1 saturated carbocycles. The largest absolute Gasteiger partial charge is 0.347 e. The molecule has 0 bridgehead atoms. The molecular weight excluding hydrogens is 291 g/mol. The Balaban J connectivity index is 1.60. The summed E-state index contributed by atoms with van der Waals surface area (Å²) in [6, 6.07) is 12.3. The van der Waals surface area contributed by atoms with Crippen molar-refractivity contribution in [2.75, 3.05) is 0 Å². The number of halogens is 1. The number of aromatic nitrogens is 1. The van der Waals surface area contributed by atoms with Crippen molar-refractivity contribution in [2.45, 2.75) is 38.6 Å². The van der Waals surface area contributed by atoms with Crippen molar-refractivity contribution in [3.63, 3.8) is 0 Å². The standard InChI is InChI=1S/C19H21FN2O/c1-13-4-2-7-17(21-13)19(15-9-10-15)22-18(23)11-8-14-5-3-6-16(20)12-14/h2-7,12,15,19H,8-11H2,1H3,(H,22,23). The topological polar surface area (TPSA) is 42.0 Å². The van der Waals surface area contributed by atoms with Crippen LogP contribution in [0.2, 0.25) is 0 Å². The van der Waals surface area contributed by atoms with Gasteiger partial charge in [-0.25, -0.2) is 4.39 Å². The Morgan fingerprint density at radius 2 is 2.09 bits per heavy atom. The molecule has 3 nitrogen and oxygen atoms in total. The van der Waals surface area contributed by atoms with E-state index < -0.39 is 0 Å². The van der Waals surface area contributed by atoms with E-state index in [4.69, 9.17) is 0 Å². The van der Waals surface area contributed by atoms with Crippen molar-refractivity contribution in [3.05, 3.63) is 65.2 Å². The molecule has 1 atom stereocenters. The lowest BCUT2D eigenvalue weighted by Crippen LogP contribution is -2.30. The molecule has 0 aliphatic heterocycles. The second-order valence-corrected chi connectivity index (χ2v) is 6.22. The van der Waals surface area contributed by atoms with E-state index in [0.717, 1.165) is 29.8 Å². The molecule has 0 saturated heterocycles. The number of rotatable bonds is 6. The number of amides is 1. The summed E-state index contributed by atoms with van der Waals surface area (Å²) in [6.45, 7) is 1.96. The molecule has 1 aliphatic rings. The van der Waals surface area contributed by atoms with Crippen LogP contribution in [0, 0.1) is 18.7 Å². The van der Waals surface area contributed by atoms with Crippen LogP contribution in [0.3, 0.4) is 0 Å². The minimum absolute atomic E-state index is 0.00471. The van der Waals surface area contributed by atoms with Gasteiger partial charge in [0, 0.05) is 12.1 Å². The van der Waals surface area contributed by atoms with Gasteiger partial charge < -0.3 is 5.32 Å². The molecule has 1 heterocycles. The van der Waals surface area contributed by atoms with E-state index in [1.165, 1.54) is 12.1 Å². The van der Waals surface area contributed by atoms with Crippen LogP contribution in [0.1, 0.15) is 42.3 Å². The van der Waals surface area contributed by atoms with Gasteiger partial charge in [-0.2, -0.15) is 0 Å². The molecule has 1 amide bonds. The molecule has 4 heteroatoms. The van der Waals surface area contributed by atoms with Gasteiger partial charge in [-0.1, -0.05) is 18.2 Å². The first-order valence-corrected chi connectivity index (χ1v) is 8.09. The molecular formula is C19H21FN2O. The summed E-state index contributed by atoms with van der Waals surface area (Å²) in [5, 5.41) is 3.11. The van der Waals surface area contributed by atoms with E-state index in [2.05, 4.69) is 10.3 Å². The predicted octanol–water partition coefficient (Wildman–Crippen LogP) is 3.73. The predicted molar refractivity (Wildman–Crippen MR) is 87.3 cm³/mol. The van der Waals surface area contributed by atoms with Gasteiger partial charge in [0.05, 0.1) is 11.7 Å². The second-order valence-electron chi connectivity index (χ2n) is 6.22. The Morgan fingerprint density at radius 1 is 1.30 bits per heavy atom. The van der Waals surface area contributed by atoms with Crippen molar-refractivity contribution in [3.8, 4) is 0 Å². The van der Waals surface area contributed by atoms with Crippen LogP contribution in [-0.2, 0) is 11.2 Å². The Morgan fingerprint density at radius 3 is 2.78 bits per heavy atom. The zero-order chi connectivity index (χ0) is 16.2. The summed E-state index contributed by atoms with van der Waals surface area (Å²) in [5.74, 6) is 0.222. The molecule has 1 N–H and O–H groups in total. The second kappa shape index (κ2) is 6.90. The number of carbonyl (C=O) groups is 1. The molecule has 1 aromatic heterocycles. The maximum atomic E-state index is 13.2. The van der Waals surface area contributed by atoms with Crippen LogP contribution in [-0.4, -0.2) is 10.9 Å². The van der Waals surface area contributed by atoms with Crippen LogP contribution < -0.4 is 5.32 Å². The summed E-state index contributed by atoms with van der Waals surface area (Å²) in [4.78, 5) is 16.8. The Hall–Kier alpha value is -2.23. The van der Waals surface area contributed by atoms with Crippen molar-refractivity contribution in [1.29, 1.82) is 0 Å². The normalized spacial score (nSPS) is 15.2. The lowest BCUT2D eigenvalue weighted by molar-refractivity contribution is -0.122. The van der Waals surface area contributed by atoms with E-state index in [9.17, 15) is 9.18 Å². The van der Waals surface area contributed by atoms with E-state index in [1.54, 1.807) is 6.07 Å². The minimum atomic E-state index is -0.261. The highest BCUT2D eigenvalue weighted by molar-refractivity contribution is 5.76. The third kappa shape index (κ3) is 4.38. The van der Waals surface area contributed by atoms with Crippen molar-refractivity contribution < 1.29 is 9.18 Å². The van der Waals surface area contributed by atoms with Gasteiger partial charge in [-0.05, 0) is 61.9 Å². The number of pyridine rings is 1. The number of hydrogen-bond acceptors (Lipinski definition) is 2. The Kier molecular flexibility index (Phi) is 4.70. The molecule has 1 aliphatic carbocycles. The van der Waals surface area contributed by atoms with Gasteiger partial charge in [0.2, 0.25) is 5.91 Å². The quantitative estimate of drug-likeness (QED) is 0.883. The van der Waals surface area contributed by atoms with Crippen molar-refractivity contribution >= 4 is 5.91 Å². The summed E-state index contributed by atoms with van der Waals surface area (Å²) in [7, 11) is 0. The van der Waals surface area contributed by atoms with Crippen molar-refractivity contribution in [2.24, 2.45) is 5.92 Å². The summed E-state index contributed by atoms with van der Waals surface area (Å²) >= 11 is 0. The first-order valence-electron chi connectivity index (χ1n) is 8.09. The maximum Gasteiger partial charge on any atom is 0.220 e. The third-order valence-electron chi connectivity index (χ3n) is 4.17. The number of nitrogens with zero attached hydrogens (tertiary/aromatic N) is 1. The summed E-state index contributed by atoms with van der Waals surface area (Å²) in [6.07, 6.45) is 3.16. The van der Waals surface area contributed by atoms with Crippen LogP contribution in [0.25, 0.3) is 0 Å². The van der Waals surface area contributed by atoms with Gasteiger partial charge in [-0.3, -0.25) is 9.78 Å². The van der Waals surface area contributed by atoms with Gasteiger partial charge in [0.1, 0.15) is 5.82 Å². The molecule has 23 heavy (non-hydrogen) atoms. The summed E-state index contributed by atoms with van der Waals surface area (Å²) in [5.41, 5.74) is 2.74. The lowest BCUT2D eigenvalue weighted by atomic mass is 10.1. The first kappa shape index (κ1) is 15.7. The molecule has 0 radical (unpaired) electrons. The van der Waals surface area contributed by atoms with Crippen molar-refractivity contribution in [1.82, 2.24) is 10.3 Å². The monoisotopic (exact) mass is 312 g/mol. The van der Waals surface area contributed by atoms with E-state index >= 15 is 0 Å². The maximum absolute atomic E-state index is 13.2. The zero-order valence-electron chi connectivity index (χ0n) is 13.3. The van der Waals surface area contributed by atoms with E-state index in [1.807, 2.05) is 31.2 Å². The highest BCUT2D eigenvalue weighted by atomic mass is 19.1. The van der Waals surface area contributed by atoms with Crippen LogP contribution >= 0.6 is 0 Å². The Labute approximate surface area is 135 Å². The van der Waals surface area contributed by atoms with Crippen LogP contribution in [0.5, 0.6) is 0 Å². The zero-order valence-corrected chi connectivity index (χ0v) is 13.3. The van der Waals surface area contributed by atoms with Crippen LogP contribution in [0.4, 0.5) is 4.39 Å². The number of hydrogen-bond donors (Lipinski definition) is 1. The molecule has 1 unspecified atom stereocenters. The average molecular weight is 312 g/mol. The van der Waals surface area contributed by atoms with Gasteiger partial charge in [0.25, 0.3) is 0 Å². The minimum Gasteiger partial charge on any atom is -0.347 e. The smallest absolute Gasteiger partial charge is 0.220 e. The molecule has 0 spiro atoms. The number of nitrogens with one attached hydrogen (secondary N) is 1. The van der Waals surface area contributed by atoms with Crippen LogP contribution in [0.15, 0.2) is 42.5 Å². The number of benzene rings is 1. The molecule has 1 aromatic carbocycles. The molecule has 2 aromatic rings. The highest BCUT2D eigenvalue weighted by Gasteiger charge is 2.34. The van der Waals surface area contributed by atoms with Gasteiger partial charge >= 0.3 is 0 Å². The molecule has 120 valence electrons. The molecule has 1 fully saturated rings. The SMILES string of the molecule is Cc1cccc(C(NC(=O)CCc2cccc(F)c2)C2CC2)n1. The van der Waals surface area contributed by atoms with E-state index in [0.29, 0.717) is 18.8 Å². The average Bonchev–Trinajstić information content (AvgIpc) is 3.35. The first-order chi connectivity index (χ1) is 11.1. The number of carbonyl (C=O) groups excluding carboxylic acids is 1. The van der Waals surface area contributed by atoms with E-state index in [-0.39, 0.29) is 17.8 Å². The number of aryl methyl sites for hydroxylation is 2. The third-order valence-corrected chi connectivity index (χ3v) is 4.17. The fraction of sp³-hybridized carbons (Fsp3) is 0.368. The fourth-order valence-electron chi connectivity index (χ4n) is 2.80. The Bertz CT molecular complexity index is 697. The molecule has 3 rings (SSSR count). The highest BCUT2D eigenvalue weighted by Crippen LogP contribution is 2.40. The summed E-state index contributed by atoms with van der Waals surface area (Å²) < 4.78 is 13.2. The fourth-order valence-corrected chi connectivity index (χ4v) is 2.80. The van der Waals surface area contributed by atoms with Gasteiger partial charge in [0.15, 0.2) is 0 Å². The lowest BCUT2D eigenvalue weighted by Gasteiger charge is -2.18.